The van der Waals surface area contributed by atoms with Gasteiger partial charge in [0, 0.05) is 13.1 Å². The lowest BCUT2D eigenvalue weighted by molar-refractivity contribution is 0.335. The van der Waals surface area contributed by atoms with Crippen molar-refractivity contribution >= 4 is 22.6 Å². The number of ether oxygens (including phenoxy) is 1. The van der Waals surface area contributed by atoms with Gasteiger partial charge in [-0.3, -0.25) is 0 Å². The second kappa shape index (κ2) is 6.95. The largest absolute Gasteiger partial charge is 0.492 e. The van der Waals surface area contributed by atoms with E-state index in [9.17, 15) is 0 Å². The molecule has 0 saturated heterocycles. The molecule has 2 aromatic rings. The van der Waals surface area contributed by atoms with Gasteiger partial charge in [-0.1, -0.05) is 13.0 Å². The topological polar surface area (TPSA) is 30.3 Å². The van der Waals surface area contributed by atoms with E-state index in [0.717, 1.165) is 42.2 Å². The fourth-order valence-corrected chi connectivity index (χ4v) is 2.43. The van der Waals surface area contributed by atoms with E-state index in [1.54, 1.807) is 0 Å². The number of hydrogen-bond donors (Lipinski definition) is 0. The molecule has 0 aliphatic heterocycles. The van der Waals surface area contributed by atoms with Crippen LogP contribution in [0.1, 0.15) is 19.7 Å². The second-order valence-corrected chi connectivity index (χ2v) is 5.03. The molecule has 1 aromatic carbocycles. The molecule has 0 spiro atoms. The molecular weight excluding hydrogens is 274 g/mol. The third-order valence-corrected chi connectivity index (χ3v) is 3.72. The number of halogens is 1. The molecule has 0 fully saturated rings. The first-order valence-electron chi connectivity index (χ1n) is 7.06. The fraction of sp³-hybridized carbons (Fsp3) is 0.533. The number of alkyl halides is 1. The molecule has 0 aliphatic rings. The van der Waals surface area contributed by atoms with Gasteiger partial charge in [-0.25, -0.2) is 4.98 Å². The predicted octanol–water partition coefficient (Wildman–Crippen LogP) is 3.13. The molecule has 2 rings (SSSR count). The molecule has 4 nitrogen and oxygen atoms in total. The van der Waals surface area contributed by atoms with E-state index < -0.39 is 0 Å². The summed E-state index contributed by atoms with van der Waals surface area (Å²) in [5, 5.41) is 0. The average Bonchev–Trinajstić information content (AvgIpc) is 2.84. The SMILES string of the molecule is CCOc1cccc2c1nc(CCl)n2CCN(C)CC. The highest BCUT2D eigenvalue weighted by molar-refractivity contribution is 6.16. The van der Waals surface area contributed by atoms with Gasteiger partial charge < -0.3 is 14.2 Å². The highest BCUT2D eigenvalue weighted by atomic mass is 35.5. The lowest BCUT2D eigenvalue weighted by Crippen LogP contribution is -2.23. The van der Waals surface area contributed by atoms with Crippen LogP contribution >= 0.6 is 11.6 Å². The molecule has 110 valence electrons. The van der Waals surface area contributed by atoms with Gasteiger partial charge in [0.15, 0.2) is 0 Å². The Hall–Kier alpha value is -1.26. The molecule has 0 aliphatic carbocycles. The summed E-state index contributed by atoms with van der Waals surface area (Å²) < 4.78 is 7.84. The van der Waals surface area contributed by atoms with Crippen molar-refractivity contribution in [3.8, 4) is 5.75 Å². The maximum absolute atomic E-state index is 6.04. The first kappa shape index (κ1) is 15.1. The zero-order valence-corrected chi connectivity index (χ0v) is 13.2. The van der Waals surface area contributed by atoms with Gasteiger partial charge in [0.25, 0.3) is 0 Å². The molecule has 0 bridgehead atoms. The molecule has 0 amide bonds. The molecule has 0 N–H and O–H groups in total. The Morgan fingerprint density at radius 2 is 2.15 bits per heavy atom. The minimum Gasteiger partial charge on any atom is -0.492 e. The van der Waals surface area contributed by atoms with Gasteiger partial charge >= 0.3 is 0 Å². The number of hydrogen-bond acceptors (Lipinski definition) is 3. The number of fused-ring (bicyclic) bond motifs is 1. The van der Waals surface area contributed by atoms with E-state index in [0.29, 0.717) is 12.5 Å². The quantitative estimate of drug-likeness (QED) is 0.735. The zero-order chi connectivity index (χ0) is 14.5. The Morgan fingerprint density at radius 1 is 1.35 bits per heavy atom. The lowest BCUT2D eigenvalue weighted by Gasteiger charge is -2.15. The number of likely N-dealkylation sites (N-methyl/N-ethyl adjacent to an activating group) is 1. The summed E-state index contributed by atoms with van der Waals surface area (Å²) in [6, 6.07) is 6.04. The molecule has 1 aromatic heterocycles. The summed E-state index contributed by atoms with van der Waals surface area (Å²) >= 11 is 6.04. The number of aromatic nitrogens is 2. The van der Waals surface area contributed by atoms with Crippen LogP contribution in [-0.4, -0.2) is 41.2 Å². The van der Waals surface area contributed by atoms with Crippen LogP contribution in [0, 0.1) is 0 Å². The number of rotatable bonds is 7. The van der Waals surface area contributed by atoms with Crippen molar-refractivity contribution in [2.75, 3.05) is 26.7 Å². The smallest absolute Gasteiger partial charge is 0.147 e. The first-order chi connectivity index (χ1) is 9.71. The van der Waals surface area contributed by atoms with E-state index in [2.05, 4.69) is 34.5 Å². The van der Waals surface area contributed by atoms with Crippen LogP contribution in [0.15, 0.2) is 18.2 Å². The molecule has 1 heterocycles. The van der Waals surface area contributed by atoms with Gasteiger partial charge in [0.05, 0.1) is 18.0 Å². The summed E-state index contributed by atoms with van der Waals surface area (Å²) in [6.07, 6.45) is 0. The summed E-state index contributed by atoms with van der Waals surface area (Å²) in [6.45, 7) is 7.67. The number of benzene rings is 1. The molecule has 0 unspecified atom stereocenters. The molecular formula is C15H22ClN3O. The average molecular weight is 296 g/mol. The van der Waals surface area contributed by atoms with E-state index in [4.69, 9.17) is 16.3 Å². The minimum absolute atomic E-state index is 0.413. The van der Waals surface area contributed by atoms with Crippen LogP contribution in [0.5, 0.6) is 5.75 Å². The number of nitrogens with zero attached hydrogens (tertiary/aromatic N) is 3. The minimum atomic E-state index is 0.413. The summed E-state index contributed by atoms with van der Waals surface area (Å²) in [5.74, 6) is 2.15. The van der Waals surface area contributed by atoms with Crippen molar-refractivity contribution in [2.24, 2.45) is 0 Å². The molecule has 20 heavy (non-hydrogen) atoms. The third kappa shape index (κ3) is 3.07. The normalized spacial score (nSPS) is 11.4. The summed E-state index contributed by atoms with van der Waals surface area (Å²) in [7, 11) is 2.12. The Kier molecular flexibility index (Phi) is 5.26. The van der Waals surface area contributed by atoms with Gasteiger partial charge in [-0.15, -0.1) is 11.6 Å². The maximum Gasteiger partial charge on any atom is 0.147 e. The summed E-state index contributed by atoms with van der Waals surface area (Å²) in [5.41, 5.74) is 2.00. The van der Waals surface area contributed by atoms with Crippen LogP contribution in [0.25, 0.3) is 11.0 Å². The Balaban J connectivity index is 2.39. The predicted molar refractivity (Wildman–Crippen MR) is 83.6 cm³/mol. The Morgan fingerprint density at radius 3 is 2.80 bits per heavy atom. The van der Waals surface area contributed by atoms with Gasteiger partial charge in [-0.2, -0.15) is 0 Å². The van der Waals surface area contributed by atoms with E-state index in [-0.39, 0.29) is 0 Å². The first-order valence-corrected chi connectivity index (χ1v) is 7.60. The fourth-order valence-electron chi connectivity index (χ4n) is 2.22. The summed E-state index contributed by atoms with van der Waals surface area (Å²) in [4.78, 5) is 6.92. The van der Waals surface area contributed by atoms with Gasteiger partial charge in [-0.05, 0) is 32.6 Å². The van der Waals surface area contributed by atoms with Crippen molar-refractivity contribution in [1.29, 1.82) is 0 Å². The molecule has 0 atom stereocenters. The highest BCUT2D eigenvalue weighted by Crippen LogP contribution is 2.26. The van der Waals surface area contributed by atoms with Crippen LogP contribution in [-0.2, 0) is 12.4 Å². The lowest BCUT2D eigenvalue weighted by atomic mass is 10.3. The van der Waals surface area contributed by atoms with Crippen molar-refractivity contribution in [2.45, 2.75) is 26.3 Å². The van der Waals surface area contributed by atoms with Crippen molar-refractivity contribution < 1.29 is 4.74 Å². The van der Waals surface area contributed by atoms with E-state index >= 15 is 0 Å². The maximum atomic E-state index is 6.04. The zero-order valence-electron chi connectivity index (χ0n) is 12.4. The van der Waals surface area contributed by atoms with E-state index in [1.165, 1.54) is 0 Å². The van der Waals surface area contributed by atoms with Crippen molar-refractivity contribution in [3.05, 3.63) is 24.0 Å². The van der Waals surface area contributed by atoms with Gasteiger partial charge in [0.1, 0.15) is 17.1 Å². The standard InChI is InChI=1S/C15H22ClN3O/c1-4-18(3)9-10-19-12-7-6-8-13(20-5-2)15(12)17-14(19)11-16/h6-8H,4-5,9-11H2,1-3H3. The van der Waals surface area contributed by atoms with Crippen LogP contribution < -0.4 is 4.74 Å². The van der Waals surface area contributed by atoms with Crippen molar-refractivity contribution in [1.82, 2.24) is 14.5 Å². The third-order valence-electron chi connectivity index (χ3n) is 3.49. The van der Waals surface area contributed by atoms with Crippen molar-refractivity contribution in [3.63, 3.8) is 0 Å². The highest BCUT2D eigenvalue weighted by Gasteiger charge is 2.13. The number of para-hydroxylation sites is 1. The van der Waals surface area contributed by atoms with Crippen LogP contribution in [0.2, 0.25) is 0 Å². The second-order valence-electron chi connectivity index (χ2n) is 4.77. The van der Waals surface area contributed by atoms with Crippen LogP contribution in [0.4, 0.5) is 0 Å². The molecule has 5 heteroatoms. The molecule has 0 radical (unpaired) electrons. The van der Waals surface area contributed by atoms with E-state index in [1.807, 2.05) is 19.1 Å². The number of imidazole rings is 1. The molecule has 0 saturated carbocycles. The Bertz CT molecular complexity index is 567. The Labute approximate surface area is 125 Å². The van der Waals surface area contributed by atoms with Crippen LogP contribution in [0.3, 0.4) is 0 Å². The van der Waals surface area contributed by atoms with Gasteiger partial charge in [0.2, 0.25) is 0 Å². The monoisotopic (exact) mass is 295 g/mol.